The normalized spacial score (nSPS) is 17.5. The van der Waals surface area contributed by atoms with Crippen molar-refractivity contribution in [2.45, 2.75) is 51.0 Å². The third-order valence-electron chi connectivity index (χ3n) is 4.28. The summed E-state index contributed by atoms with van der Waals surface area (Å²) in [7, 11) is 0. The van der Waals surface area contributed by atoms with Gasteiger partial charge in [-0.05, 0) is 36.0 Å². The van der Waals surface area contributed by atoms with Crippen molar-refractivity contribution in [3.8, 4) is 0 Å². The first-order valence-electron chi connectivity index (χ1n) is 7.76. The van der Waals surface area contributed by atoms with Gasteiger partial charge in [-0.15, -0.1) is 0 Å². The molecule has 1 aliphatic rings. The molecule has 0 spiro atoms. The van der Waals surface area contributed by atoms with Crippen LogP contribution in [0.4, 0.5) is 0 Å². The van der Waals surface area contributed by atoms with Gasteiger partial charge in [-0.25, -0.2) is 0 Å². The number of nitrogens with one attached hydrogen (secondary N) is 1. The summed E-state index contributed by atoms with van der Waals surface area (Å²) in [6, 6.07) is 8.23. The van der Waals surface area contributed by atoms with Crippen molar-refractivity contribution in [2.24, 2.45) is 0 Å². The number of hydrogen-bond donors (Lipinski definition) is 2. The highest BCUT2D eigenvalue weighted by molar-refractivity contribution is 5.92. The van der Waals surface area contributed by atoms with Crippen LogP contribution in [-0.4, -0.2) is 23.2 Å². The van der Waals surface area contributed by atoms with E-state index in [1.54, 1.807) is 6.08 Å². The third-order valence-corrected chi connectivity index (χ3v) is 4.28. The molecule has 0 atom stereocenters. The lowest BCUT2D eigenvalue weighted by molar-refractivity contribution is -0.118. The first-order chi connectivity index (χ1) is 10.0. The second-order valence-corrected chi connectivity index (χ2v) is 6.29. The summed E-state index contributed by atoms with van der Waals surface area (Å²) >= 11 is 0. The summed E-state index contributed by atoms with van der Waals surface area (Å²) in [6.07, 6.45) is 7.25. The van der Waals surface area contributed by atoms with Gasteiger partial charge >= 0.3 is 0 Å². The van der Waals surface area contributed by atoms with Crippen molar-refractivity contribution in [1.29, 1.82) is 0 Å². The topological polar surface area (TPSA) is 49.3 Å². The second kappa shape index (κ2) is 6.90. The van der Waals surface area contributed by atoms with Gasteiger partial charge in [-0.3, -0.25) is 4.79 Å². The lowest BCUT2D eigenvalue weighted by Crippen LogP contribution is -2.48. The van der Waals surface area contributed by atoms with Crippen molar-refractivity contribution < 1.29 is 9.90 Å². The van der Waals surface area contributed by atoms with Gasteiger partial charge in [-0.2, -0.15) is 0 Å². The highest BCUT2D eigenvalue weighted by Gasteiger charge is 2.33. The number of amides is 1. The molecule has 1 aliphatic carbocycles. The summed E-state index contributed by atoms with van der Waals surface area (Å²) in [5, 5.41) is 12.5. The summed E-state index contributed by atoms with van der Waals surface area (Å²) < 4.78 is 0. The first-order valence-corrected chi connectivity index (χ1v) is 7.76. The Bertz CT molecular complexity index is 496. The summed E-state index contributed by atoms with van der Waals surface area (Å²) in [5.41, 5.74) is 1.91. The molecule has 0 aromatic heterocycles. The van der Waals surface area contributed by atoms with E-state index in [2.05, 4.69) is 31.3 Å². The molecule has 0 radical (unpaired) electrons. The number of carbonyl (C=O) groups excluding carboxylic acids is 1. The van der Waals surface area contributed by atoms with Crippen LogP contribution in [0, 0.1) is 0 Å². The summed E-state index contributed by atoms with van der Waals surface area (Å²) in [6.45, 7) is 4.35. The van der Waals surface area contributed by atoms with Gasteiger partial charge in [-0.1, -0.05) is 51.0 Å². The van der Waals surface area contributed by atoms with Crippen LogP contribution >= 0.6 is 0 Å². The van der Waals surface area contributed by atoms with E-state index in [9.17, 15) is 9.90 Å². The van der Waals surface area contributed by atoms with Crippen molar-refractivity contribution >= 4 is 12.0 Å². The maximum absolute atomic E-state index is 12.0. The van der Waals surface area contributed by atoms with Crippen LogP contribution in [0.3, 0.4) is 0 Å². The molecule has 3 nitrogen and oxygen atoms in total. The number of hydrogen-bond acceptors (Lipinski definition) is 2. The minimum absolute atomic E-state index is 0.0235. The largest absolute Gasteiger partial charge is 0.394 e. The number of aliphatic hydroxyl groups is 1. The monoisotopic (exact) mass is 287 g/mol. The molecule has 0 saturated heterocycles. The molecular formula is C18H25NO2. The van der Waals surface area contributed by atoms with E-state index in [1.165, 1.54) is 5.56 Å². The number of benzene rings is 1. The Kier molecular flexibility index (Phi) is 5.18. The van der Waals surface area contributed by atoms with Gasteiger partial charge in [0.2, 0.25) is 5.91 Å². The minimum atomic E-state index is -0.400. The average molecular weight is 287 g/mol. The molecule has 114 valence electrons. The molecule has 1 aromatic carbocycles. The molecule has 3 heteroatoms. The van der Waals surface area contributed by atoms with E-state index in [4.69, 9.17) is 0 Å². The fraction of sp³-hybridized carbons (Fsp3) is 0.500. The minimum Gasteiger partial charge on any atom is -0.394 e. The summed E-state index contributed by atoms with van der Waals surface area (Å²) in [5.74, 6) is 0.386. The molecule has 2 rings (SSSR count). The predicted molar refractivity (Wildman–Crippen MR) is 86.0 cm³/mol. The molecule has 1 saturated carbocycles. The van der Waals surface area contributed by atoms with Crippen LogP contribution in [0.15, 0.2) is 30.3 Å². The Morgan fingerprint density at radius 3 is 2.43 bits per heavy atom. The van der Waals surface area contributed by atoms with Crippen LogP contribution in [0.2, 0.25) is 0 Å². The average Bonchev–Trinajstić information content (AvgIpc) is 2.94. The quantitative estimate of drug-likeness (QED) is 0.817. The number of rotatable bonds is 5. The van der Waals surface area contributed by atoms with Crippen LogP contribution in [0.5, 0.6) is 0 Å². The molecule has 2 N–H and O–H groups in total. The smallest absolute Gasteiger partial charge is 0.244 e. The Morgan fingerprint density at radius 1 is 1.29 bits per heavy atom. The SMILES string of the molecule is CC(C)c1ccc(C=CC(=O)NC2(CO)CCCC2)cc1. The molecule has 1 amide bonds. The van der Waals surface area contributed by atoms with Gasteiger partial charge in [0.15, 0.2) is 0 Å². The highest BCUT2D eigenvalue weighted by atomic mass is 16.3. The molecular weight excluding hydrogens is 262 g/mol. The Hall–Kier alpha value is -1.61. The van der Waals surface area contributed by atoms with Gasteiger partial charge in [0, 0.05) is 6.08 Å². The number of carbonyl (C=O) groups is 1. The van der Waals surface area contributed by atoms with E-state index in [0.29, 0.717) is 5.92 Å². The van der Waals surface area contributed by atoms with Crippen LogP contribution in [-0.2, 0) is 4.79 Å². The molecule has 1 aromatic rings. The molecule has 21 heavy (non-hydrogen) atoms. The molecule has 1 fully saturated rings. The Balaban J connectivity index is 1.95. The Morgan fingerprint density at radius 2 is 1.90 bits per heavy atom. The van der Waals surface area contributed by atoms with E-state index >= 15 is 0 Å². The fourth-order valence-electron chi connectivity index (χ4n) is 2.84. The van der Waals surface area contributed by atoms with Crippen molar-refractivity contribution in [1.82, 2.24) is 5.32 Å². The van der Waals surface area contributed by atoms with Gasteiger partial charge < -0.3 is 10.4 Å². The van der Waals surface area contributed by atoms with Gasteiger partial charge in [0.1, 0.15) is 0 Å². The van der Waals surface area contributed by atoms with Crippen LogP contribution in [0.1, 0.15) is 56.6 Å². The predicted octanol–water partition coefficient (Wildman–Crippen LogP) is 3.24. The zero-order valence-electron chi connectivity index (χ0n) is 12.9. The Labute approximate surface area is 127 Å². The molecule has 0 bridgehead atoms. The number of aliphatic hydroxyl groups excluding tert-OH is 1. The van der Waals surface area contributed by atoms with Crippen molar-refractivity contribution in [3.05, 3.63) is 41.5 Å². The standard InChI is InChI=1S/C18H25NO2/c1-14(2)16-8-5-15(6-9-16)7-10-17(21)19-18(13-20)11-3-4-12-18/h5-10,14,20H,3-4,11-13H2,1-2H3,(H,19,21). The van der Waals surface area contributed by atoms with E-state index < -0.39 is 5.54 Å². The maximum atomic E-state index is 12.0. The molecule has 0 unspecified atom stereocenters. The zero-order valence-corrected chi connectivity index (χ0v) is 12.9. The molecule has 0 aliphatic heterocycles. The fourth-order valence-corrected chi connectivity index (χ4v) is 2.84. The van der Waals surface area contributed by atoms with Crippen LogP contribution in [0.25, 0.3) is 6.08 Å². The van der Waals surface area contributed by atoms with E-state index in [-0.39, 0.29) is 12.5 Å². The van der Waals surface area contributed by atoms with Crippen LogP contribution < -0.4 is 5.32 Å². The first kappa shape index (κ1) is 15.8. The van der Waals surface area contributed by atoms with Crippen molar-refractivity contribution in [2.75, 3.05) is 6.61 Å². The van der Waals surface area contributed by atoms with E-state index in [0.717, 1.165) is 31.2 Å². The third kappa shape index (κ3) is 4.18. The van der Waals surface area contributed by atoms with Crippen molar-refractivity contribution in [3.63, 3.8) is 0 Å². The lowest BCUT2D eigenvalue weighted by atomic mass is 9.99. The second-order valence-electron chi connectivity index (χ2n) is 6.29. The maximum Gasteiger partial charge on any atom is 0.244 e. The van der Waals surface area contributed by atoms with Gasteiger partial charge in [0.25, 0.3) is 0 Å². The molecule has 0 heterocycles. The van der Waals surface area contributed by atoms with Gasteiger partial charge in [0.05, 0.1) is 12.1 Å². The van der Waals surface area contributed by atoms with E-state index in [1.807, 2.05) is 18.2 Å². The zero-order chi connectivity index (χ0) is 15.3. The summed E-state index contributed by atoms with van der Waals surface area (Å²) in [4.78, 5) is 12.0. The lowest BCUT2D eigenvalue weighted by Gasteiger charge is -2.27. The highest BCUT2D eigenvalue weighted by Crippen LogP contribution is 2.29.